The van der Waals surface area contributed by atoms with Crippen LogP contribution in [-0.4, -0.2) is 15.0 Å². The molecule has 0 unspecified atom stereocenters. The van der Waals surface area contributed by atoms with Crippen LogP contribution in [0.25, 0.3) is 0 Å². The van der Waals surface area contributed by atoms with Crippen LogP contribution < -0.4 is 0 Å². The lowest BCUT2D eigenvalue weighted by Crippen LogP contribution is -1.96. The molecule has 0 aliphatic carbocycles. The van der Waals surface area contributed by atoms with Gasteiger partial charge in [0.2, 0.25) is 0 Å². The summed E-state index contributed by atoms with van der Waals surface area (Å²) in [6.45, 7) is 2.12. The number of pyridine rings is 1. The Balaban J connectivity index is 2.20. The van der Waals surface area contributed by atoms with Gasteiger partial charge in [0.05, 0.1) is 0 Å². The van der Waals surface area contributed by atoms with E-state index in [0.29, 0.717) is 0 Å². The summed E-state index contributed by atoms with van der Waals surface area (Å²) in [7, 11) is 0. The van der Waals surface area contributed by atoms with E-state index >= 15 is 0 Å². The maximum atomic E-state index is 4.51. The molecule has 0 spiro atoms. The molecule has 0 radical (unpaired) electrons. The van der Waals surface area contributed by atoms with E-state index in [-0.39, 0.29) is 0 Å². The van der Waals surface area contributed by atoms with Gasteiger partial charge in [-0.2, -0.15) is 0 Å². The first-order valence-corrected chi connectivity index (χ1v) is 7.90. The highest BCUT2D eigenvalue weighted by atomic mass is 79.9. The van der Waals surface area contributed by atoms with Crippen LogP contribution in [0.5, 0.6) is 0 Å². The Labute approximate surface area is 127 Å². The predicted octanol–water partition coefficient (Wildman–Crippen LogP) is 4.50. The van der Waals surface area contributed by atoms with E-state index in [4.69, 9.17) is 0 Å². The predicted molar refractivity (Wildman–Crippen MR) is 79.8 cm³/mol. The van der Waals surface area contributed by atoms with Gasteiger partial charge < -0.3 is 0 Å². The molecule has 2 aromatic rings. The van der Waals surface area contributed by atoms with Crippen molar-refractivity contribution < 1.29 is 0 Å². The molecular weight excluding hydrogens is 378 g/mol. The Morgan fingerprint density at radius 3 is 2.67 bits per heavy atom. The first-order valence-electron chi connectivity index (χ1n) is 5.50. The molecule has 18 heavy (non-hydrogen) atoms. The van der Waals surface area contributed by atoms with E-state index in [0.717, 1.165) is 37.8 Å². The van der Waals surface area contributed by atoms with Crippen LogP contribution in [-0.2, 0) is 6.42 Å². The first kappa shape index (κ1) is 14.0. The molecule has 94 valence electrons. The topological polar surface area (TPSA) is 38.7 Å². The molecule has 6 heteroatoms. The van der Waals surface area contributed by atoms with Crippen LogP contribution in [0.3, 0.4) is 0 Å². The molecule has 2 aromatic heterocycles. The Morgan fingerprint density at radius 2 is 2.00 bits per heavy atom. The summed E-state index contributed by atoms with van der Waals surface area (Å²) >= 11 is 8.32. The third-order valence-corrected chi connectivity index (χ3v) is 3.84. The maximum Gasteiger partial charge on any atom is 0.130 e. The minimum atomic E-state index is 0.820. The van der Waals surface area contributed by atoms with Crippen molar-refractivity contribution in [1.29, 1.82) is 0 Å². The number of nitrogens with zero attached hydrogens (tertiary/aromatic N) is 3. The zero-order valence-electron chi connectivity index (χ0n) is 9.73. The van der Waals surface area contributed by atoms with Crippen molar-refractivity contribution in [2.45, 2.75) is 29.8 Å². The van der Waals surface area contributed by atoms with Crippen molar-refractivity contribution >= 4 is 43.6 Å². The van der Waals surface area contributed by atoms with Gasteiger partial charge in [-0.15, -0.1) is 0 Å². The van der Waals surface area contributed by atoms with Crippen LogP contribution in [0.15, 0.2) is 43.5 Å². The number of hydrogen-bond donors (Lipinski definition) is 0. The molecule has 0 aliphatic rings. The SMILES string of the molecule is CCCc1nc(Br)cc(Sc2ccc(Br)cn2)n1. The maximum absolute atomic E-state index is 4.51. The molecule has 0 saturated heterocycles. The van der Waals surface area contributed by atoms with Crippen molar-refractivity contribution in [3.8, 4) is 0 Å². The molecule has 0 fully saturated rings. The monoisotopic (exact) mass is 387 g/mol. The standard InChI is InChI=1S/C12H11Br2N3S/c1-2-3-10-16-9(14)6-12(17-10)18-11-5-4-8(13)7-15-11/h4-7H,2-3H2,1H3. The van der Waals surface area contributed by atoms with Crippen molar-refractivity contribution in [3.63, 3.8) is 0 Å². The highest BCUT2D eigenvalue weighted by Crippen LogP contribution is 2.26. The van der Waals surface area contributed by atoms with Crippen molar-refractivity contribution in [2.75, 3.05) is 0 Å². The summed E-state index contributed by atoms with van der Waals surface area (Å²) in [5.41, 5.74) is 0. The van der Waals surface area contributed by atoms with Crippen molar-refractivity contribution in [2.24, 2.45) is 0 Å². The number of aryl methyl sites for hydroxylation is 1. The fourth-order valence-electron chi connectivity index (χ4n) is 1.36. The molecule has 0 aromatic carbocycles. The summed E-state index contributed by atoms with van der Waals surface area (Å²) in [5.74, 6) is 0.867. The van der Waals surface area contributed by atoms with Crippen LogP contribution in [0.4, 0.5) is 0 Å². The molecule has 0 aliphatic heterocycles. The minimum absolute atomic E-state index is 0.820. The lowest BCUT2D eigenvalue weighted by Gasteiger charge is -2.04. The van der Waals surface area contributed by atoms with E-state index in [9.17, 15) is 0 Å². The van der Waals surface area contributed by atoms with Crippen molar-refractivity contribution in [3.05, 3.63) is 39.3 Å². The van der Waals surface area contributed by atoms with Gasteiger partial charge >= 0.3 is 0 Å². The Kier molecular flexibility index (Phi) is 5.14. The normalized spacial score (nSPS) is 10.6. The average Bonchev–Trinajstić information content (AvgIpc) is 2.32. The summed E-state index contributed by atoms with van der Waals surface area (Å²) in [4.78, 5) is 13.2. The van der Waals surface area contributed by atoms with Gasteiger partial charge in [-0.1, -0.05) is 6.92 Å². The van der Waals surface area contributed by atoms with E-state index in [2.05, 4.69) is 53.7 Å². The van der Waals surface area contributed by atoms with Gasteiger partial charge in [0.1, 0.15) is 20.5 Å². The van der Waals surface area contributed by atoms with Crippen LogP contribution in [0.1, 0.15) is 19.2 Å². The highest BCUT2D eigenvalue weighted by molar-refractivity contribution is 9.10. The Bertz CT molecular complexity index is 531. The van der Waals surface area contributed by atoms with Gasteiger partial charge in [0.15, 0.2) is 0 Å². The zero-order chi connectivity index (χ0) is 13.0. The smallest absolute Gasteiger partial charge is 0.130 e. The molecule has 0 atom stereocenters. The van der Waals surface area contributed by atoms with E-state index < -0.39 is 0 Å². The zero-order valence-corrected chi connectivity index (χ0v) is 13.7. The number of rotatable bonds is 4. The lowest BCUT2D eigenvalue weighted by atomic mass is 10.3. The molecule has 0 N–H and O–H groups in total. The van der Waals surface area contributed by atoms with E-state index in [1.807, 2.05) is 18.2 Å². The highest BCUT2D eigenvalue weighted by Gasteiger charge is 2.05. The Morgan fingerprint density at radius 1 is 1.17 bits per heavy atom. The van der Waals surface area contributed by atoms with Gasteiger partial charge in [-0.25, -0.2) is 15.0 Å². The third kappa shape index (κ3) is 4.03. The number of halogens is 2. The minimum Gasteiger partial charge on any atom is -0.248 e. The second-order valence-electron chi connectivity index (χ2n) is 3.61. The molecular formula is C12H11Br2N3S. The number of hydrogen-bond acceptors (Lipinski definition) is 4. The van der Waals surface area contributed by atoms with E-state index in [1.165, 1.54) is 11.8 Å². The largest absolute Gasteiger partial charge is 0.248 e. The van der Waals surface area contributed by atoms with Gasteiger partial charge in [0, 0.05) is 23.2 Å². The second-order valence-corrected chi connectivity index (χ2v) is 6.38. The summed E-state index contributed by atoms with van der Waals surface area (Å²) in [6.07, 6.45) is 3.71. The molecule has 0 bridgehead atoms. The molecule has 2 heterocycles. The van der Waals surface area contributed by atoms with Crippen LogP contribution in [0.2, 0.25) is 0 Å². The molecule has 0 amide bonds. The fourth-order valence-corrected chi connectivity index (χ4v) is 2.94. The van der Waals surface area contributed by atoms with Gasteiger partial charge in [0.25, 0.3) is 0 Å². The van der Waals surface area contributed by atoms with Crippen LogP contribution >= 0.6 is 43.6 Å². The van der Waals surface area contributed by atoms with Crippen molar-refractivity contribution in [1.82, 2.24) is 15.0 Å². The summed E-state index contributed by atoms with van der Waals surface area (Å²) in [5, 5.41) is 1.83. The third-order valence-electron chi connectivity index (χ3n) is 2.10. The fraction of sp³-hybridized carbons (Fsp3) is 0.250. The molecule has 0 saturated carbocycles. The lowest BCUT2D eigenvalue weighted by molar-refractivity contribution is 0.802. The van der Waals surface area contributed by atoms with Gasteiger partial charge in [-0.05, 0) is 62.2 Å². The first-order chi connectivity index (χ1) is 8.67. The van der Waals surface area contributed by atoms with E-state index in [1.54, 1.807) is 6.20 Å². The molecule has 2 rings (SSSR count). The quantitative estimate of drug-likeness (QED) is 0.722. The average molecular weight is 389 g/mol. The molecule has 3 nitrogen and oxygen atoms in total. The number of aromatic nitrogens is 3. The van der Waals surface area contributed by atoms with Crippen LogP contribution in [0, 0.1) is 0 Å². The summed E-state index contributed by atoms with van der Waals surface area (Å²) in [6, 6.07) is 5.84. The second kappa shape index (κ2) is 6.63. The van der Waals surface area contributed by atoms with Gasteiger partial charge in [-0.3, -0.25) is 0 Å². The Hall–Kier alpha value is -0.460. The summed E-state index contributed by atoms with van der Waals surface area (Å²) < 4.78 is 1.79.